The van der Waals surface area contributed by atoms with Gasteiger partial charge in [-0.3, -0.25) is 0 Å². The van der Waals surface area contributed by atoms with Crippen molar-refractivity contribution in [2.24, 2.45) is 5.73 Å². The zero-order valence-corrected chi connectivity index (χ0v) is 10.9. The van der Waals surface area contributed by atoms with Crippen molar-refractivity contribution in [2.75, 3.05) is 25.0 Å². The summed E-state index contributed by atoms with van der Waals surface area (Å²) in [7, 11) is 2.10. The van der Waals surface area contributed by atoms with E-state index in [1.807, 2.05) is 0 Å². The second-order valence-corrected chi connectivity index (χ2v) is 5.14. The maximum Gasteiger partial charge on any atom is 0.0364 e. The van der Waals surface area contributed by atoms with Crippen molar-refractivity contribution in [3.63, 3.8) is 0 Å². The molecule has 2 heteroatoms. The summed E-state index contributed by atoms with van der Waals surface area (Å²) in [5.41, 5.74) is 8.37. The Balaban J connectivity index is 2.01. The number of nitrogens with zero attached hydrogens (tertiary/aromatic N) is 1. The maximum atomic E-state index is 5.57. The molecule has 1 aromatic rings. The lowest BCUT2D eigenvalue weighted by molar-refractivity contribution is 0.443. The van der Waals surface area contributed by atoms with Crippen LogP contribution in [0.2, 0.25) is 0 Å². The van der Waals surface area contributed by atoms with Crippen molar-refractivity contribution in [2.45, 2.75) is 38.0 Å². The molecule has 1 aliphatic carbocycles. The number of anilines is 1. The monoisotopic (exact) mass is 232 g/mol. The molecular weight excluding hydrogens is 208 g/mol. The molecule has 0 saturated heterocycles. The van der Waals surface area contributed by atoms with E-state index in [9.17, 15) is 0 Å². The summed E-state index contributed by atoms with van der Waals surface area (Å²) < 4.78 is 0. The predicted octanol–water partition coefficient (Wildman–Crippen LogP) is 3.13. The van der Waals surface area contributed by atoms with Gasteiger partial charge in [0.25, 0.3) is 0 Å². The molecule has 0 heterocycles. The van der Waals surface area contributed by atoms with Crippen LogP contribution in [-0.4, -0.2) is 20.1 Å². The van der Waals surface area contributed by atoms with Gasteiger partial charge >= 0.3 is 0 Å². The lowest BCUT2D eigenvalue weighted by Gasteiger charge is -2.23. The van der Waals surface area contributed by atoms with Gasteiger partial charge in [0, 0.05) is 25.8 Å². The SMILES string of the molecule is CN(CCN)c1ccc(C2CCCCC2)cc1. The fourth-order valence-corrected chi connectivity index (χ4v) is 2.76. The Morgan fingerprint density at radius 2 is 1.76 bits per heavy atom. The first-order valence-corrected chi connectivity index (χ1v) is 6.82. The third kappa shape index (κ3) is 3.22. The number of nitrogens with two attached hydrogens (primary N) is 1. The van der Waals surface area contributed by atoms with Crippen molar-refractivity contribution in [3.8, 4) is 0 Å². The molecule has 1 fully saturated rings. The Bertz CT molecular complexity index is 325. The zero-order valence-electron chi connectivity index (χ0n) is 10.9. The minimum atomic E-state index is 0.709. The number of benzene rings is 1. The van der Waals surface area contributed by atoms with Gasteiger partial charge in [0.1, 0.15) is 0 Å². The summed E-state index contributed by atoms with van der Waals surface area (Å²) in [6, 6.07) is 9.08. The predicted molar refractivity (Wildman–Crippen MR) is 74.6 cm³/mol. The first-order chi connectivity index (χ1) is 8.31. The van der Waals surface area contributed by atoms with E-state index in [2.05, 4.69) is 36.2 Å². The largest absolute Gasteiger partial charge is 0.373 e. The van der Waals surface area contributed by atoms with Gasteiger partial charge in [-0.05, 0) is 36.5 Å². The van der Waals surface area contributed by atoms with Crippen LogP contribution in [0.4, 0.5) is 5.69 Å². The van der Waals surface area contributed by atoms with E-state index in [1.54, 1.807) is 0 Å². The average molecular weight is 232 g/mol. The first-order valence-electron chi connectivity index (χ1n) is 6.82. The molecule has 0 atom stereocenters. The Morgan fingerprint density at radius 1 is 1.12 bits per heavy atom. The molecule has 0 radical (unpaired) electrons. The zero-order chi connectivity index (χ0) is 12.1. The Morgan fingerprint density at radius 3 is 2.35 bits per heavy atom. The molecule has 17 heavy (non-hydrogen) atoms. The summed E-state index contributed by atoms with van der Waals surface area (Å²) in [5, 5.41) is 0. The molecule has 1 aromatic carbocycles. The van der Waals surface area contributed by atoms with Crippen LogP contribution in [0.1, 0.15) is 43.6 Å². The molecule has 0 unspecified atom stereocenters. The molecule has 0 bridgehead atoms. The van der Waals surface area contributed by atoms with Crippen molar-refractivity contribution < 1.29 is 0 Å². The maximum absolute atomic E-state index is 5.57. The van der Waals surface area contributed by atoms with Gasteiger partial charge in [-0.15, -0.1) is 0 Å². The van der Waals surface area contributed by atoms with Gasteiger partial charge in [-0.2, -0.15) is 0 Å². The van der Waals surface area contributed by atoms with Crippen molar-refractivity contribution in [1.29, 1.82) is 0 Å². The van der Waals surface area contributed by atoms with E-state index >= 15 is 0 Å². The minimum Gasteiger partial charge on any atom is -0.373 e. The average Bonchev–Trinajstić information content (AvgIpc) is 2.40. The molecule has 94 valence electrons. The Labute approximate surface area is 105 Å². The van der Waals surface area contributed by atoms with E-state index in [0.717, 1.165) is 12.5 Å². The van der Waals surface area contributed by atoms with Crippen molar-refractivity contribution in [3.05, 3.63) is 29.8 Å². The van der Waals surface area contributed by atoms with Crippen LogP contribution in [0.5, 0.6) is 0 Å². The molecular formula is C15H24N2. The van der Waals surface area contributed by atoms with Gasteiger partial charge in [-0.1, -0.05) is 31.4 Å². The molecule has 0 spiro atoms. The third-order valence-corrected chi connectivity index (χ3v) is 3.87. The molecule has 2 rings (SSSR count). The molecule has 1 aliphatic rings. The molecule has 0 aliphatic heterocycles. The third-order valence-electron chi connectivity index (χ3n) is 3.87. The van der Waals surface area contributed by atoms with Crippen LogP contribution in [0.15, 0.2) is 24.3 Å². The highest BCUT2D eigenvalue weighted by atomic mass is 15.1. The quantitative estimate of drug-likeness (QED) is 0.864. The topological polar surface area (TPSA) is 29.3 Å². The summed E-state index contributed by atoms with van der Waals surface area (Å²) in [5.74, 6) is 0.803. The molecule has 1 saturated carbocycles. The van der Waals surface area contributed by atoms with E-state index in [-0.39, 0.29) is 0 Å². The Kier molecular flexibility index (Phi) is 4.43. The van der Waals surface area contributed by atoms with Crippen molar-refractivity contribution >= 4 is 5.69 Å². The summed E-state index contributed by atoms with van der Waals surface area (Å²) in [4.78, 5) is 2.21. The van der Waals surface area contributed by atoms with Gasteiger partial charge < -0.3 is 10.6 Å². The normalized spacial score (nSPS) is 17.1. The summed E-state index contributed by atoms with van der Waals surface area (Å²) >= 11 is 0. The fourth-order valence-electron chi connectivity index (χ4n) is 2.76. The fraction of sp³-hybridized carbons (Fsp3) is 0.600. The van der Waals surface area contributed by atoms with E-state index in [0.29, 0.717) is 6.54 Å². The van der Waals surface area contributed by atoms with Crippen molar-refractivity contribution in [1.82, 2.24) is 0 Å². The minimum absolute atomic E-state index is 0.709. The second kappa shape index (κ2) is 6.06. The number of likely N-dealkylation sites (N-methyl/N-ethyl adjacent to an activating group) is 1. The highest BCUT2D eigenvalue weighted by Crippen LogP contribution is 2.33. The van der Waals surface area contributed by atoms with Gasteiger partial charge in [0.2, 0.25) is 0 Å². The highest BCUT2D eigenvalue weighted by Gasteiger charge is 2.15. The van der Waals surface area contributed by atoms with Gasteiger partial charge in [-0.25, -0.2) is 0 Å². The van der Waals surface area contributed by atoms with Gasteiger partial charge in [0.05, 0.1) is 0 Å². The van der Waals surface area contributed by atoms with E-state index in [4.69, 9.17) is 5.73 Å². The van der Waals surface area contributed by atoms with Crippen LogP contribution in [0.25, 0.3) is 0 Å². The lowest BCUT2D eigenvalue weighted by Crippen LogP contribution is -2.24. The number of hydrogen-bond acceptors (Lipinski definition) is 2. The van der Waals surface area contributed by atoms with Crippen LogP contribution < -0.4 is 10.6 Å². The number of rotatable bonds is 4. The van der Waals surface area contributed by atoms with Gasteiger partial charge in [0.15, 0.2) is 0 Å². The van der Waals surface area contributed by atoms with Crippen LogP contribution >= 0.6 is 0 Å². The van der Waals surface area contributed by atoms with Crippen LogP contribution in [0, 0.1) is 0 Å². The standard InChI is InChI=1S/C15H24N2/c1-17(12-11-16)15-9-7-14(8-10-15)13-5-3-2-4-6-13/h7-10,13H,2-6,11-12,16H2,1H3. The molecule has 0 aromatic heterocycles. The van der Waals surface area contributed by atoms with Crippen LogP contribution in [-0.2, 0) is 0 Å². The molecule has 2 nitrogen and oxygen atoms in total. The summed E-state index contributed by atoms with van der Waals surface area (Å²) in [6.45, 7) is 1.63. The smallest absolute Gasteiger partial charge is 0.0364 e. The first kappa shape index (κ1) is 12.4. The molecule has 0 amide bonds. The van der Waals surface area contributed by atoms with E-state index in [1.165, 1.54) is 43.4 Å². The molecule has 2 N–H and O–H groups in total. The Hall–Kier alpha value is -1.02. The number of hydrogen-bond donors (Lipinski definition) is 1. The van der Waals surface area contributed by atoms with Crippen LogP contribution in [0.3, 0.4) is 0 Å². The van der Waals surface area contributed by atoms with E-state index < -0.39 is 0 Å². The summed E-state index contributed by atoms with van der Waals surface area (Å²) in [6.07, 6.45) is 6.97. The highest BCUT2D eigenvalue weighted by molar-refractivity contribution is 5.47. The lowest BCUT2D eigenvalue weighted by atomic mass is 9.84. The second-order valence-electron chi connectivity index (χ2n) is 5.14.